The van der Waals surface area contributed by atoms with Gasteiger partial charge in [0.1, 0.15) is 18.1 Å². The van der Waals surface area contributed by atoms with Crippen molar-refractivity contribution in [3.8, 4) is 11.1 Å². The molecule has 0 atom stereocenters. The van der Waals surface area contributed by atoms with Gasteiger partial charge in [-0.3, -0.25) is 10.1 Å². The number of hydrogen-bond donors (Lipinski definition) is 2. The van der Waals surface area contributed by atoms with E-state index in [0.29, 0.717) is 41.1 Å². The zero-order valence-electron chi connectivity index (χ0n) is 19.6. The van der Waals surface area contributed by atoms with E-state index in [-0.39, 0.29) is 18.1 Å². The molecule has 0 amide bonds. The van der Waals surface area contributed by atoms with Gasteiger partial charge in [0.15, 0.2) is 0 Å². The van der Waals surface area contributed by atoms with Crippen LogP contribution in [0, 0.1) is 10.1 Å². The monoisotopic (exact) mass is 539 g/mol. The second kappa shape index (κ2) is 11.8. The van der Waals surface area contributed by atoms with Crippen LogP contribution in [-0.2, 0) is 17.9 Å². The smallest absolute Gasteiger partial charge is 0.355 e. The number of nitrogens with two attached hydrogens (primary N) is 1. The summed E-state index contributed by atoms with van der Waals surface area (Å²) in [5.41, 5.74) is 8.17. The van der Waals surface area contributed by atoms with Crippen LogP contribution in [0.5, 0.6) is 0 Å². The van der Waals surface area contributed by atoms with Gasteiger partial charge in [-0.2, -0.15) is 0 Å². The van der Waals surface area contributed by atoms with E-state index in [4.69, 9.17) is 33.7 Å². The van der Waals surface area contributed by atoms with Crippen LogP contribution in [0.3, 0.4) is 0 Å². The maximum absolute atomic E-state index is 13.0. The fourth-order valence-corrected chi connectivity index (χ4v) is 4.24. The molecule has 11 heteroatoms. The number of rotatable bonds is 10. The number of hydrogen-bond acceptors (Lipinski definition) is 7. The number of nitrogen functional groups attached to an aromatic ring is 1. The number of aryl methyl sites for hydroxylation is 1. The van der Waals surface area contributed by atoms with Crippen molar-refractivity contribution in [2.75, 3.05) is 17.6 Å². The van der Waals surface area contributed by atoms with Gasteiger partial charge < -0.3 is 20.4 Å². The predicted octanol–water partition coefficient (Wildman–Crippen LogP) is 6.21. The average Bonchev–Trinajstić information content (AvgIpc) is 3.29. The molecule has 0 saturated carbocycles. The summed E-state index contributed by atoms with van der Waals surface area (Å²) >= 11 is 12.4. The van der Waals surface area contributed by atoms with E-state index in [9.17, 15) is 14.9 Å². The minimum Gasteiger partial charge on any atom is -0.456 e. The Morgan fingerprint density at radius 2 is 1.89 bits per heavy atom. The Morgan fingerprint density at radius 3 is 2.59 bits per heavy atom. The molecule has 0 saturated heterocycles. The zero-order chi connectivity index (χ0) is 26.4. The van der Waals surface area contributed by atoms with Crippen LogP contribution < -0.4 is 11.1 Å². The second-order valence-electron chi connectivity index (χ2n) is 8.13. The molecule has 0 bridgehead atoms. The summed E-state index contributed by atoms with van der Waals surface area (Å²) in [5, 5.41) is 15.0. The Labute approximate surface area is 222 Å². The summed E-state index contributed by atoms with van der Waals surface area (Å²) in [6.45, 7) is 1.12. The van der Waals surface area contributed by atoms with Gasteiger partial charge in [-0.15, -0.1) is 0 Å². The summed E-state index contributed by atoms with van der Waals surface area (Å²) in [6, 6.07) is 19.2. The van der Waals surface area contributed by atoms with Crippen LogP contribution in [0.15, 0.2) is 72.9 Å². The van der Waals surface area contributed by atoms with E-state index < -0.39 is 10.9 Å². The van der Waals surface area contributed by atoms with E-state index in [0.717, 1.165) is 16.7 Å². The number of nitrogens with one attached hydrogen (secondary N) is 1. The Balaban J connectivity index is 1.48. The predicted molar refractivity (Wildman–Crippen MR) is 144 cm³/mol. The molecule has 0 fully saturated rings. The third kappa shape index (κ3) is 6.58. The summed E-state index contributed by atoms with van der Waals surface area (Å²) in [6.07, 6.45) is 2.45. The topological polar surface area (TPSA) is 125 Å². The van der Waals surface area contributed by atoms with Crippen molar-refractivity contribution in [2.45, 2.75) is 19.6 Å². The third-order valence-corrected chi connectivity index (χ3v) is 6.09. The molecule has 9 nitrogen and oxygen atoms in total. The fourth-order valence-electron chi connectivity index (χ4n) is 3.72. The molecule has 2 aromatic carbocycles. The van der Waals surface area contributed by atoms with E-state index in [2.05, 4.69) is 10.3 Å². The Morgan fingerprint density at radius 1 is 1.11 bits per heavy atom. The molecule has 0 radical (unpaired) electrons. The van der Waals surface area contributed by atoms with Gasteiger partial charge in [0.05, 0.1) is 4.92 Å². The van der Waals surface area contributed by atoms with Crippen molar-refractivity contribution in [1.29, 1.82) is 0 Å². The standard InChI is InChI=1S/C26H23Cl2N5O4/c27-19-7-8-20(21(28)14-19)18-13-23(26(34)37-16-17-5-2-1-3-6-17)32(15-18)12-4-11-30-24-10-9-22(33(35)36)25(29)31-24/h1-3,5-10,13-15H,4,11-12,16H2,(H3,29,30,31). The number of carbonyl (C=O) groups is 1. The van der Waals surface area contributed by atoms with Gasteiger partial charge in [0.2, 0.25) is 5.82 Å². The van der Waals surface area contributed by atoms with Crippen LogP contribution >= 0.6 is 23.2 Å². The molecule has 0 aliphatic heterocycles. The molecule has 0 aliphatic rings. The molecular weight excluding hydrogens is 517 g/mol. The summed E-state index contributed by atoms with van der Waals surface area (Å²) in [4.78, 5) is 27.4. The Kier molecular flexibility index (Phi) is 8.27. The number of nitro groups is 1. The maximum Gasteiger partial charge on any atom is 0.355 e. The average molecular weight is 540 g/mol. The van der Waals surface area contributed by atoms with Crippen LogP contribution in [-0.4, -0.2) is 27.0 Å². The highest BCUT2D eigenvalue weighted by Gasteiger charge is 2.18. The van der Waals surface area contributed by atoms with Crippen molar-refractivity contribution in [3.05, 3.63) is 104 Å². The number of aromatic nitrogens is 2. The van der Waals surface area contributed by atoms with Crippen molar-refractivity contribution in [1.82, 2.24) is 9.55 Å². The Hall–Kier alpha value is -4.08. The van der Waals surface area contributed by atoms with E-state index in [1.54, 1.807) is 24.3 Å². The number of halogens is 2. The number of benzene rings is 2. The molecular formula is C26H23Cl2N5O4. The molecule has 0 aliphatic carbocycles. The molecule has 2 aromatic heterocycles. The molecule has 2 heterocycles. The lowest BCUT2D eigenvalue weighted by atomic mass is 10.1. The van der Waals surface area contributed by atoms with Gasteiger partial charge in [-0.25, -0.2) is 9.78 Å². The van der Waals surface area contributed by atoms with Gasteiger partial charge >= 0.3 is 11.7 Å². The van der Waals surface area contributed by atoms with E-state index >= 15 is 0 Å². The van der Waals surface area contributed by atoms with Gasteiger partial charge in [-0.1, -0.05) is 59.6 Å². The van der Waals surface area contributed by atoms with Crippen LogP contribution in [0.2, 0.25) is 10.0 Å². The minimum absolute atomic E-state index is 0.149. The van der Waals surface area contributed by atoms with Gasteiger partial charge in [-0.05, 0) is 36.2 Å². The first-order valence-corrected chi connectivity index (χ1v) is 12.1. The number of pyridine rings is 1. The van der Waals surface area contributed by atoms with Gasteiger partial charge in [0, 0.05) is 46.5 Å². The lowest BCUT2D eigenvalue weighted by molar-refractivity contribution is -0.384. The third-order valence-electron chi connectivity index (χ3n) is 5.54. The van der Waals surface area contributed by atoms with Crippen LogP contribution in [0.4, 0.5) is 17.3 Å². The quantitative estimate of drug-likeness (QED) is 0.106. The second-order valence-corrected chi connectivity index (χ2v) is 8.98. The number of ether oxygens (including phenoxy) is 1. The molecule has 4 rings (SSSR count). The highest BCUT2D eigenvalue weighted by Crippen LogP contribution is 2.32. The Bertz CT molecular complexity index is 1430. The first-order valence-electron chi connectivity index (χ1n) is 11.3. The zero-order valence-corrected chi connectivity index (χ0v) is 21.1. The molecule has 190 valence electrons. The van der Waals surface area contributed by atoms with Crippen molar-refractivity contribution >= 4 is 46.5 Å². The molecule has 4 aromatic rings. The molecule has 3 N–H and O–H groups in total. The maximum atomic E-state index is 13.0. The summed E-state index contributed by atoms with van der Waals surface area (Å²) in [7, 11) is 0. The van der Waals surface area contributed by atoms with E-state index in [1.807, 2.05) is 41.1 Å². The molecule has 0 spiro atoms. The van der Waals surface area contributed by atoms with Crippen molar-refractivity contribution in [2.24, 2.45) is 0 Å². The number of esters is 1. The lowest BCUT2D eigenvalue weighted by Crippen LogP contribution is -2.14. The highest BCUT2D eigenvalue weighted by molar-refractivity contribution is 6.36. The SMILES string of the molecule is Nc1nc(NCCCn2cc(-c3ccc(Cl)cc3Cl)cc2C(=O)OCc2ccccc2)ccc1[N+](=O)[O-]. The summed E-state index contributed by atoms with van der Waals surface area (Å²) < 4.78 is 7.38. The highest BCUT2D eigenvalue weighted by atomic mass is 35.5. The van der Waals surface area contributed by atoms with Crippen LogP contribution in [0.1, 0.15) is 22.5 Å². The minimum atomic E-state index is -0.582. The lowest BCUT2D eigenvalue weighted by Gasteiger charge is -2.10. The number of carbonyl (C=O) groups excluding carboxylic acids is 1. The van der Waals surface area contributed by atoms with Gasteiger partial charge in [0.25, 0.3) is 0 Å². The first-order chi connectivity index (χ1) is 17.8. The molecule has 0 unspecified atom stereocenters. The number of anilines is 2. The largest absolute Gasteiger partial charge is 0.456 e. The first kappa shape index (κ1) is 26.0. The van der Waals surface area contributed by atoms with Crippen molar-refractivity contribution in [3.63, 3.8) is 0 Å². The summed E-state index contributed by atoms with van der Waals surface area (Å²) in [5.74, 6) is -0.196. The van der Waals surface area contributed by atoms with Crippen molar-refractivity contribution < 1.29 is 14.5 Å². The normalized spacial score (nSPS) is 10.8. The molecule has 37 heavy (non-hydrogen) atoms. The van der Waals surface area contributed by atoms with Crippen LogP contribution in [0.25, 0.3) is 11.1 Å². The van der Waals surface area contributed by atoms with E-state index in [1.165, 1.54) is 12.1 Å². The fraction of sp³-hybridized carbons (Fsp3) is 0.154. The number of nitrogens with zero attached hydrogens (tertiary/aromatic N) is 3.